The number of likely N-dealkylation sites (N-methyl/N-ethyl adjacent to an activating group) is 1. The van der Waals surface area contributed by atoms with Crippen molar-refractivity contribution in [3.8, 4) is 0 Å². The molecule has 1 unspecified atom stereocenters. The van der Waals surface area contributed by atoms with E-state index in [1.807, 2.05) is 14.0 Å². The number of carboxylic acid groups (broad SMARTS) is 1. The average Bonchev–Trinajstić information content (AvgIpc) is 2.84. The van der Waals surface area contributed by atoms with E-state index >= 15 is 0 Å². The first-order valence-corrected chi connectivity index (χ1v) is 8.33. The van der Waals surface area contributed by atoms with Crippen molar-refractivity contribution >= 4 is 16.0 Å². The van der Waals surface area contributed by atoms with E-state index in [9.17, 15) is 13.2 Å². The van der Waals surface area contributed by atoms with Crippen LogP contribution in [0.15, 0.2) is 21.6 Å². The van der Waals surface area contributed by atoms with Crippen LogP contribution in [0.2, 0.25) is 0 Å². The number of nitrogens with zero attached hydrogens (tertiary/aromatic N) is 2. The first-order chi connectivity index (χ1) is 9.86. The zero-order valence-corrected chi connectivity index (χ0v) is 13.0. The fourth-order valence-corrected chi connectivity index (χ4v) is 4.20. The fraction of sp³-hybridized carbons (Fsp3) is 0.615. The Kier molecular flexibility index (Phi) is 4.70. The zero-order valence-electron chi connectivity index (χ0n) is 12.2. The predicted octanol–water partition coefficient (Wildman–Crippen LogP) is 1.08. The number of carbonyl (C=O) groups is 1. The van der Waals surface area contributed by atoms with E-state index in [2.05, 4.69) is 4.90 Å². The molecule has 7 nitrogen and oxygen atoms in total. The van der Waals surface area contributed by atoms with Crippen LogP contribution in [0.3, 0.4) is 0 Å². The van der Waals surface area contributed by atoms with Crippen LogP contribution in [0.4, 0.5) is 0 Å². The van der Waals surface area contributed by atoms with Crippen LogP contribution in [0.1, 0.15) is 30.3 Å². The van der Waals surface area contributed by atoms with Gasteiger partial charge in [-0.25, -0.2) is 13.2 Å². The van der Waals surface area contributed by atoms with Crippen LogP contribution >= 0.6 is 0 Å². The quantitative estimate of drug-likeness (QED) is 0.894. The van der Waals surface area contributed by atoms with E-state index in [4.69, 9.17) is 9.52 Å². The van der Waals surface area contributed by atoms with Gasteiger partial charge in [-0.15, -0.1) is 0 Å². The zero-order chi connectivity index (χ0) is 15.6. The second-order valence-electron chi connectivity index (χ2n) is 5.22. The molecule has 1 saturated heterocycles. The molecular weight excluding hydrogens is 296 g/mol. The van der Waals surface area contributed by atoms with E-state index in [-0.39, 0.29) is 16.9 Å². The molecule has 1 aliphatic heterocycles. The minimum atomic E-state index is -3.81. The Morgan fingerprint density at radius 2 is 2.14 bits per heavy atom. The Balaban J connectivity index is 2.33. The molecule has 0 radical (unpaired) electrons. The Morgan fingerprint density at radius 3 is 2.71 bits per heavy atom. The largest absolute Gasteiger partial charge is 0.475 e. The Labute approximate surface area is 124 Å². The molecule has 118 valence electrons. The Bertz CT molecular complexity index is 610. The second-order valence-corrected chi connectivity index (χ2v) is 7.04. The van der Waals surface area contributed by atoms with Gasteiger partial charge in [-0.2, -0.15) is 4.31 Å². The van der Waals surface area contributed by atoms with Gasteiger partial charge in [0.05, 0.1) is 0 Å². The van der Waals surface area contributed by atoms with Gasteiger partial charge in [0.25, 0.3) is 10.0 Å². The molecule has 0 aliphatic carbocycles. The number of aromatic carboxylic acids is 1. The van der Waals surface area contributed by atoms with Crippen molar-refractivity contribution in [2.75, 3.05) is 26.7 Å². The summed E-state index contributed by atoms with van der Waals surface area (Å²) in [5.74, 6) is -1.65. The normalized spacial score (nSPS) is 22.1. The van der Waals surface area contributed by atoms with E-state index in [1.54, 1.807) is 0 Å². The highest BCUT2D eigenvalue weighted by Gasteiger charge is 2.35. The van der Waals surface area contributed by atoms with Gasteiger partial charge in [-0.3, -0.25) is 0 Å². The van der Waals surface area contributed by atoms with E-state index < -0.39 is 16.0 Å². The van der Waals surface area contributed by atoms with Crippen molar-refractivity contribution in [3.05, 3.63) is 17.9 Å². The number of hydrogen-bond donors (Lipinski definition) is 1. The SMILES string of the molecule is CCC1CN(C)CCCN1S(=O)(=O)c1ccc(C(=O)O)o1. The molecule has 0 amide bonds. The fourth-order valence-electron chi connectivity index (χ4n) is 2.56. The maximum Gasteiger partial charge on any atom is 0.371 e. The van der Waals surface area contributed by atoms with Crippen molar-refractivity contribution in [1.82, 2.24) is 9.21 Å². The maximum atomic E-state index is 12.7. The van der Waals surface area contributed by atoms with E-state index in [0.29, 0.717) is 19.5 Å². The van der Waals surface area contributed by atoms with Gasteiger partial charge in [0, 0.05) is 19.1 Å². The van der Waals surface area contributed by atoms with Crippen LogP contribution in [0, 0.1) is 0 Å². The standard InChI is InChI=1S/C13H20N2O5S/c1-3-10-9-14(2)7-4-8-15(10)21(18,19)12-6-5-11(20-12)13(16)17/h5-6,10H,3-4,7-9H2,1-2H3,(H,16,17). The molecule has 0 spiro atoms. The topological polar surface area (TPSA) is 91.1 Å². The lowest BCUT2D eigenvalue weighted by Crippen LogP contribution is -2.43. The van der Waals surface area contributed by atoms with Crippen LogP contribution < -0.4 is 0 Å². The summed E-state index contributed by atoms with van der Waals surface area (Å²) < 4.78 is 31.8. The third-order valence-corrected chi connectivity index (χ3v) is 5.50. The number of furan rings is 1. The third kappa shape index (κ3) is 3.28. The van der Waals surface area contributed by atoms with Crippen molar-refractivity contribution in [2.45, 2.75) is 30.9 Å². The van der Waals surface area contributed by atoms with E-state index in [1.165, 1.54) is 16.4 Å². The molecule has 1 N–H and O–H groups in total. The van der Waals surface area contributed by atoms with Gasteiger partial charge in [-0.05, 0) is 38.6 Å². The van der Waals surface area contributed by atoms with Crippen molar-refractivity contribution in [1.29, 1.82) is 0 Å². The summed E-state index contributed by atoms with van der Waals surface area (Å²) in [5.41, 5.74) is 0. The first kappa shape index (κ1) is 16.0. The summed E-state index contributed by atoms with van der Waals surface area (Å²) in [6, 6.07) is 2.24. The lowest BCUT2D eigenvalue weighted by molar-refractivity contribution is 0.0656. The predicted molar refractivity (Wildman–Crippen MR) is 75.8 cm³/mol. The lowest BCUT2D eigenvalue weighted by atomic mass is 10.2. The third-order valence-electron chi connectivity index (χ3n) is 3.67. The van der Waals surface area contributed by atoms with Gasteiger partial charge >= 0.3 is 5.97 Å². The summed E-state index contributed by atoms with van der Waals surface area (Å²) >= 11 is 0. The summed E-state index contributed by atoms with van der Waals surface area (Å²) in [5, 5.41) is 8.54. The molecule has 21 heavy (non-hydrogen) atoms. The van der Waals surface area contributed by atoms with Gasteiger partial charge in [-0.1, -0.05) is 6.92 Å². The van der Waals surface area contributed by atoms with Gasteiger partial charge < -0.3 is 14.4 Å². The maximum absolute atomic E-state index is 12.7. The van der Waals surface area contributed by atoms with Gasteiger partial charge in [0.2, 0.25) is 10.9 Å². The van der Waals surface area contributed by atoms with Crippen molar-refractivity contribution < 1.29 is 22.7 Å². The monoisotopic (exact) mass is 316 g/mol. The smallest absolute Gasteiger partial charge is 0.371 e. The first-order valence-electron chi connectivity index (χ1n) is 6.89. The van der Waals surface area contributed by atoms with Crippen LogP contribution in [0.25, 0.3) is 0 Å². The molecule has 0 saturated carbocycles. The van der Waals surface area contributed by atoms with Crippen molar-refractivity contribution in [3.63, 3.8) is 0 Å². The summed E-state index contributed by atoms with van der Waals surface area (Å²) in [7, 11) is -1.84. The minimum absolute atomic E-state index is 0.138. The van der Waals surface area contributed by atoms with Gasteiger partial charge in [0.1, 0.15) is 0 Å². The number of hydrogen-bond acceptors (Lipinski definition) is 5. The molecule has 1 aliphatic rings. The van der Waals surface area contributed by atoms with Gasteiger partial charge in [0.15, 0.2) is 0 Å². The van der Waals surface area contributed by atoms with E-state index in [0.717, 1.165) is 13.0 Å². The molecule has 8 heteroatoms. The van der Waals surface area contributed by atoms with Crippen molar-refractivity contribution in [2.24, 2.45) is 0 Å². The molecule has 0 bridgehead atoms. The highest BCUT2D eigenvalue weighted by molar-refractivity contribution is 7.89. The minimum Gasteiger partial charge on any atom is -0.475 e. The average molecular weight is 316 g/mol. The summed E-state index contributed by atoms with van der Waals surface area (Å²) in [4.78, 5) is 12.9. The molecular formula is C13H20N2O5S. The van der Waals surface area contributed by atoms with Crippen LogP contribution in [0.5, 0.6) is 0 Å². The highest BCUT2D eigenvalue weighted by Crippen LogP contribution is 2.24. The molecule has 1 aromatic heterocycles. The Hall–Kier alpha value is -1.38. The number of sulfonamides is 1. The number of carboxylic acids is 1. The highest BCUT2D eigenvalue weighted by atomic mass is 32.2. The molecule has 2 heterocycles. The van der Waals surface area contributed by atoms with Crippen LogP contribution in [-0.2, 0) is 10.0 Å². The molecule has 1 atom stereocenters. The molecule has 0 aromatic carbocycles. The molecule has 1 aromatic rings. The van der Waals surface area contributed by atoms with Crippen LogP contribution in [-0.4, -0.2) is 61.4 Å². The summed E-state index contributed by atoms with van der Waals surface area (Å²) in [6.45, 7) is 3.84. The molecule has 1 fully saturated rings. The summed E-state index contributed by atoms with van der Waals surface area (Å²) in [6.07, 6.45) is 1.43. The second kappa shape index (κ2) is 6.17. The number of rotatable bonds is 4. The lowest BCUT2D eigenvalue weighted by Gasteiger charge is -2.28. The Morgan fingerprint density at radius 1 is 1.43 bits per heavy atom. The molecule has 2 rings (SSSR count).